The lowest BCUT2D eigenvalue weighted by molar-refractivity contribution is -0.0221. The van der Waals surface area contributed by atoms with E-state index in [4.69, 9.17) is 5.11 Å². The lowest BCUT2D eigenvalue weighted by atomic mass is 9.92. The van der Waals surface area contributed by atoms with Gasteiger partial charge in [-0.15, -0.1) is 0 Å². The molecule has 1 amide bonds. The van der Waals surface area contributed by atoms with Gasteiger partial charge in [0.2, 0.25) is 10.0 Å². The van der Waals surface area contributed by atoms with E-state index >= 15 is 0 Å². The van der Waals surface area contributed by atoms with Crippen LogP contribution >= 0.6 is 0 Å². The summed E-state index contributed by atoms with van der Waals surface area (Å²) in [5.74, 6) is -2.17. The lowest BCUT2D eigenvalue weighted by Gasteiger charge is -2.32. The minimum absolute atomic E-state index is 0.0179. The van der Waals surface area contributed by atoms with E-state index in [9.17, 15) is 22.0 Å². The molecule has 1 aliphatic carbocycles. The van der Waals surface area contributed by atoms with Crippen molar-refractivity contribution < 1.29 is 27.1 Å². The summed E-state index contributed by atoms with van der Waals surface area (Å²) in [6, 6.07) is 2.54. The van der Waals surface area contributed by atoms with Crippen molar-refractivity contribution in [2.75, 3.05) is 18.0 Å². The number of hydrogen-bond acceptors (Lipinski definition) is 5. The van der Waals surface area contributed by atoms with E-state index in [1.807, 2.05) is 0 Å². The molecule has 1 saturated carbocycles. The molecule has 3 N–H and O–H groups in total. The summed E-state index contributed by atoms with van der Waals surface area (Å²) >= 11 is 0. The SMILES string of the molecule is O=C(O)NC1CCC(NS(=O)(=O)c2ccc(N3CCC(F)(F)CC3)nc2)CC1. The molecular formula is C17H24F2N4O4S. The standard InChI is InChI=1S/C17H24F2N4O4S/c18-17(19)7-9-23(10-8-17)15-6-5-14(11-20-15)28(26,27)22-13-3-1-12(2-4-13)21-16(24)25/h5-6,11-13,21-22H,1-4,7-10H2,(H,24,25). The highest BCUT2D eigenvalue weighted by Crippen LogP contribution is 2.30. The first-order valence-corrected chi connectivity index (χ1v) is 10.7. The van der Waals surface area contributed by atoms with Crippen molar-refractivity contribution in [2.24, 2.45) is 0 Å². The summed E-state index contributed by atoms with van der Waals surface area (Å²) in [7, 11) is -3.75. The maximum Gasteiger partial charge on any atom is 0.404 e. The Morgan fingerprint density at radius 1 is 1.14 bits per heavy atom. The van der Waals surface area contributed by atoms with Crippen LogP contribution in [-0.2, 0) is 10.0 Å². The van der Waals surface area contributed by atoms with Crippen LogP contribution in [0, 0.1) is 0 Å². The third kappa shape index (κ3) is 5.28. The van der Waals surface area contributed by atoms with E-state index in [1.54, 1.807) is 4.90 Å². The van der Waals surface area contributed by atoms with E-state index in [-0.39, 0.29) is 42.9 Å². The molecule has 3 rings (SSSR count). The monoisotopic (exact) mass is 418 g/mol. The summed E-state index contributed by atoms with van der Waals surface area (Å²) in [6.45, 7) is 0.357. The number of amides is 1. The van der Waals surface area contributed by atoms with Gasteiger partial charge >= 0.3 is 6.09 Å². The number of alkyl halides is 2. The Hall–Kier alpha value is -2.01. The zero-order valence-electron chi connectivity index (χ0n) is 15.3. The fraction of sp³-hybridized carbons (Fsp3) is 0.647. The number of nitrogens with zero attached hydrogens (tertiary/aromatic N) is 2. The molecule has 0 radical (unpaired) electrons. The zero-order chi connectivity index (χ0) is 20.4. The highest BCUT2D eigenvalue weighted by atomic mass is 32.2. The first-order valence-electron chi connectivity index (χ1n) is 9.25. The van der Waals surface area contributed by atoms with Crippen molar-refractivity contribution >= 4 is 21.9 Å². The Morgan fingerprint density at radius 3 is 2.29 bits per heavy atom. The Bertz CT molecular complexity index is 786. The number of hydrogen-bond donors (Lipinski definition) is 3. The summed E-state index contributed by atoms with van der Waals surface area (Å²) in [5.41, 5.74) is 0. The van der Waals surface area contributed by atoms with Gasteiger partial charge < -0.3 is 15.3 Å². The normalized spacial score (nSPS) is 25.3. The molecule has 2 aliphatic rings. The summed E-state index contributed by atoms with van der Waals surface area (Å²) in [6.07, 6.45) is 1.89. The molecular weight excluding hydrogens is 394 g/mol. The van der Waals surface area contributed by atoms with Crippen LogP contribution in [-0.4, -0.2) is 55.7 Å². The van der Waals surface area contributed by atoms with Crippen LogP contribution < -0.4 is 14.9 Å². The van der Waals surface area contributed by atoms with Crippen LogP contribution in [0.4, 0.5) is 19.4 Å². The van der Waals surface area contributed by atoms with Crippen LogP contribution in [0.3, 0.4) is 0 Å². The van der Waals surface area contributed by atoms with Crippen molar-refractivity contribution in [1.29, 1.82) is 0 Å². The third-order valence-corrected chi connectivity index (χ3v) is 6.73. The number of pyridine rings is 1. The average Bonchev–Trinajstić information content (AvgIpc) is 2.63. The lowest BCUT2D eigenvalue weighted by Crippen LogP contribution is -2.43. The number of rotatable bonds is 5. The largest absolute Gasteiger partial charge is 0.465 e. The summed E-state index contributed by atoms with van der Waals surface area (Å²) in [5, 5.41) is 11.2. The quantitative estimate of drug-likeness (QED) is 0.676. The number of anilines is 1. The molecule has 1 aliphatic heterocycles. The molecule has 0 atom stereocenters. The van der Waals surface area contributed by atoms with E-state index in [2.05, 4.69) is 15.0 Å². The van der Waals surface area contributed by atoms with Crippen molar-refractivity contribution in [3.63, 3.8) is 0 Å². The zero-order valence-corrected chi connectivity index (χ0v) is 16.1. The van der Waals surface area contributed by atoms with Gasteiger partial charge in [0.05, 0.1) is 0 Å². The second kappa shape index (κ2) is 8.16. The van der Waals surface area contributed by atoms with E-state index in [1.165, 1.54) is 18.3 Å². The molecule has 11 heteroatoms. The van der Waals surface area contributed by atoms with Crippen LogP contribution in [0.15, 0.2) is 23.2 Å². The fourth-order valence-electron chi connectivity index (χ4n) is 3.60. The smallest absolute Gasteiger partial charge is 0.404 e. The molecule has 0 bridgehead atoms. The molecule has 8 nitrogen and oxygen atoms in total. The number of piperidine rings is 1. The van der Waals surface area contributed by atoms with Crippen LogP contribution in [0.1, 0.15) is 38.5 Å². The van der Waals surface area contributed by atoms with Crippen molar-refractivity contribution in [2.45, 2.75) is 61.4 Å². The van der Waals surface area contributed by atoms with Gasteiger partial charge in [0.25, 0.3) is 5.92 Å². The van der Waals surface area contributed by atoms with Gasteiger partial charge in [-0.3, -0.25) is 0 Å². The molecule has 0 spiro atoms. The molecule has 2 heterocycles. The van der Waals surface area contributed by atoms with Crippen LogP contribution in [0.25, 0.3) is 0 Å². The van der Waals surface area contributed by atoms with Crippen molar-refractivity contribution in [3.8, 4) is 0 Å². The van der Waals surface area contributed by atoms with E-state index in [0.717, 1.165) is 0 Å². The first kappa shape index (κ1) is 20.7. The van der Waals surface area contributed by atoms with E-state index in [0.29, 0.717) is 31.5 Å². The highest BCUT2D eigenvalue weighted by molar-refractivity contribution is 7.89. The molecule has 2 fully saturated rings. The van der Waals surface area contributed by atoms with Gasteiger partial charge in [0.15, 0.2) is 0 Å². The maximum atomic E-state index is 13.3. The van der Waals surface area contributed by atoms with Crippen LogP contribution in [0.5, 0.6) is 0 Å². The van der Waals surface area contributed by atoms with Gasteiger partial charge in [-0.25, -0.2) is 31.7 Å². The van der Waals surface area contributed by atoms with Gasteiger partial charge in [-0.1, -0.05) is 0 Å². The Morgan fingerprint density at radius 2 is 1.75 bits per heavy atom. The number of carboxylic acid groups (broad SMARTS) is 1. The van der Waals surface area contributed by atoms with Crippen LogP contribution in [0.2, 0.25) is 0 Å². The van der Waals surface area contributed by atoms with Gasteiger partial charge in [-0.2, -0.15) is 0 Å². The van der Waals surface area contributed by atoms with Gasteiger partial charge in [0.1, 0.15) is 10.7 Å². The van der Waals surface area contributed by atoms with Gasteiger partial charge in [-0.05, 0) is 37.8 Å². The Labute approximate surface area is 162 Å². The fourth-order valence-corrected chi connectivity index (χ4v) is 4.85. The number of carbonyl (C=O) groups is 1. The Balaban J connectivity index is 1.56. The maximum absolute atomic E-state index is 13.3. The molecule has 156 valence electrons. The van der Waals surface area contributed by atoms with E-state index < -0.39 is 22.0 Å². The predicted octanol–water partition coefficient (Wildman–Crippen LogP) is 2.17. The summed E-state index contributed by atoms with van der Waals surface area (Å²) < 4.78 is 54.3. The number of aromatic nitrogens is 1. The minimum Gasteiger partial charge on any atom is -0.465 e. The number of nitrogens with one attached hydrogen (secondary N) is 2. The Kier molecular flexibility index (Phi) is 6.04. The van der Waals surface area contributed by atoms with Crippen molar-refractivity contribution in [1.82, 2.24) is 15.0 Å². The van der Waals surface area contributed by atoms with Crippen molar-refractivity contribution in [3.05, 3.63) is 18.3 Å². The average molecular weight is 418 g/mol. The second-order valence-electron chi connectivity index (χ2n) is 7.31. The first-order chi connectivity index (χ1) is 13.1. The molecule has 1 aromatic heterocycles. The number of sulfonamides is 1. The molecule has 28 heavy (non-hydrogen) atoms. The number of halogens is 2. The predicted molar refractivity (Wildman–Crippen MR) is 98.2 cm³/mol. The third-order valence-electron chi connectivity index (χ3n) is 5.23. The molecule has 1 aromatic rings. The molecule has 0 unspecified atom stereocenters. The topological polar surface area (TPSA) is 112 Å². The highest BCUT2D eigenvalue weighted by Gasteiger charge is 2.34. The van der Waals surface area contributed by atoms with Gasteiger partial charge in [0, 0.05) is 44.2 Å². The molecule has 0 aromatic carbocycles. The molecule has 1 saturated heterocycles. The summed E-state index contributed by atoms with van der Waals surface area (Å²) in [4.78, 5) is 16.5. The minimum atomic E-state index is -3.75. The second-order valence-corrected chi connectivity index (χ2v) is 9.03.